The Morgan fingerprint density at radius 1 is 1.00 bits per heavy atom. The van der Waals surface area contributed by atoms with Gasteiger partial charge in [-0.3, -0.25) is 14.4 Å². The summed E-state index contributed by atoms with van der Waals surface area (Å²) in [6.45, 7) is 5.84. The third-order valence-electron chi connectivity index (χ3n) is 3.68. The zero-order valence-electron chi connectivity index (χ0n) is 16.4. The Morgan fingerprint density at radius 2 is 1.63 bits per heavy atom. The highest BCUT2D eigenvalue weighted by Gasteiger charge is 2.25. The molecule has 0 aliphatic carbocycles. The van der Waals surface area contributed by atoms with Crippen molar-refractivity contribution >= 4 is 35.1 Å². The molecule has 0 heterocycles. The first-order valence-corrected chi connectivity index (χ1v) is 8.73. The summed E-state index contributed by atoms with van der Waals surface area (Å²) < 4.78 is 10.2. The third kappa shape index (κ3) is 6.40. The summed E-state index contributed by atoms with van der Waals surface area (Å²) in [5.74, 6) is -2.03. The van der Waals surface area contributed by atoms with Crippen LogP contribution >= 0.6 is 0 Å². The number of esters is 2. The van der Waals surface area contributed by atoms with E-state index in [-0.39, 0.29) is 22.7 Å². The molecule has 1 aromatic carbocycles. The van der Waals surface area contributed by atoms with Gasteiger partial charge in [0.25, 0.3) is 0 Å². The van der Waals surface area contributed by atoms with Gasteiger partial charge in [0.05, 0.1) is 18.4 Å². The van der Waals surface area contributed by atoms with Gasteiger partial charge in [-0.25, -0.2) is 4.79 Å². The highest BCUT2D eigenvalue weighted by atomic mass is 16.5. The van der Waals surface area contributed by atoms with E-state index < -0.39 is 23.8 Å². The minimum atomic E-state index is -0.629. The fourth-order valence-electron chi connectivity index (χ4n) is 2.64. The van der Waals surface area contributed by atoms with Crippen LogP contribution in [0, 0.1) is 0 Å². The molecule has 0 bridgehead atoms. The summed E-state index contributed by atoms with van der Waals surface area (Å²) in [6, 6.07) is 1.42. The number of methoxy groups -OCH3 is 1. The lowest BCUT2D eigenvalue weighted by Crippen LogP contribution is -2.18. The van der Waals surface area contributed by atoms with Crippen LogP contribution in [0.3, 0.4) is 0 Å². The van der Waals surface area contributed by atoms with Gasteiger partial charge in [-0.2, -0.15) is 0 Å². The average molecular weight is 378 g/mol. The van der Waals surface area contributed by atoms with E-state index in [1.54, 1.807) is 0 Å². The molecular weight excluding hydrogens is 352 g/mol. The Hall–Kier alpha value is -2.90. The lowest BCUT2D eigenvalue weighted by Gasteiger charge is -2.21. The Bertz CT molecular complexity index is 742. The van der Waals surface area contributed by atoms with Crippen molar-refractivity contribution in [3.63, 3.8) is 0 Å². The van der Waals surface area contributed by atoms with Gasteiger partial charge in [0, 0.05) is 26.3 Å². The molecule has 1 rings (SSSR count). The van der Waals surface area contributed by atoms with Crippen molar-refractivity contribution in [2.45, 2.75) is 53.4 Å². The van der Waals surface area contributed by atoms with Crippen molar-refractivity contribution in [2.75, 3.05) is 17.7 Å². The summed E-state index contributed by atoms with van der Waals surface area (Å²) in [5.41, 5.74) is 0.895. The molecule has 0 aliphatic rings. The maximum absolute atomic E-state index is 12.3. The number of carbonyl (C=O) groups excluding carboxylic acids is 4. The van der Waals surface area contributed by atoms with E-state index in [0.29, 0.717) is 12.0 Å². The molecular formula is C19H26N2O6. The Labute approximate surface area is 158 Å². The number of carbonyl (C=O) groups is 4. The van der Waals surface area contributed by atoms with Crippen molar-refractivity contribution in [2.24, 2.45) is 0 Å². The third-order valence-corrected chi connectivity index (χ3v) is 3.68. The van der Waals surface area contributed by atoms with Crippen molar-refractivity contribution in [1.82, 2.24) is 0 Å². The lowest BCUT2D eigenvalue weighted by atomic mass is 9.97. The highest BCUT2D eigenvalue weighted by Crippen LogP contribution is 2.40. The van der Waals surface area contributed by atoms with Crippen LogP contribution in [0.2, 0.25) is 0 Å². The number of ether oxygens (including phenoxy) is 2. The molecule has 8 nitrogen and oxygen atoms in total. The average Bonchev–Trinajstić information content (AvgIpc) is 2.57. The second kappa shape index (κ2) is 10.3. The van der Waals surface area contributed by atoms with E-state index >= 15 is 0 Å². The predicted molar refractivity (Wildman–Crippen MR) is 101 cm³/mol. The second-order valence-corrected chi connectivity index (χ2v) is 6.06. The van der Waals surface area contributed by atoms with Crippen molar-refractivity contribution < 1.29 is 28.7 Å². The molecule has 0 saturated heterocycles. The van der Waals surface area contributed by atoms with Gasteiger partial charge >= 0.3 is 11.9 Å². The number of benzene rings is 1. The van der Waals surface area contributed by atoms with E-state index in [9.17, 15) is 19.2 Å². The van der Waals surface area contributed by atoms with Crippen LogP contribution in [-0.2, 0) is 25.5 Å². The van der Waals surface area contributed by atoms with Gasteiger partial charge in [-0.15, -0.1) is 0 Å². The van der Waals surface area contributed by atoms with Crippen LogP contribution in [0.4, 0.5) is 11.4 Å². The molecule has 0 fully saturated rings. The lowest BCUT2D eigenvalue weighted by molar-refractivity contribution is -0.132. The monoisotopic (exact) mass is 378 g/mol. The Kier molecular flexibility index (Phi) is 8.44. The predicted octanol–water partition coefficient (Wildman–Crippen LogP) is 3.05. The molecule has 0 unspecified atom stereocenters. The molecule has 148 valence electrons. The minimum absolute atomic E-state index is 0.0421. The van der Waals surface area contributed by atoms with Crippen LogP contribution in [0.25, 0.3) is 0 Å². The van der Waals surface area contributed by atoms with Crippen LogP contribution < -0.4 is 15.4 Å². The summed E-state index contributed by atoms with van der Waals surface area (Å²) in [6.07, 6.45) is 3.05. The molecule has 0 spiro atoms. The van der Waals surface area contributed by atoms with E-state index in [1.807, 2.05) is 6.92 Å². The number of hydrogen-bond donors (Lipinski definition) is 2. The van der Waals surface area contributed by atoms with Gasteiger partial charge < -0.3 is 20.1 Å². The van der Waals surface area contributed by atoms with Gasteiger partial charge in [-0.1, -0.05) is 19.8 Å². The first-order valence-electron chi connectivity index (χ1n) is 8.73. The first-order chi connectivity index (χ1) is 12.7. The molecule has 8 heteroatoms. The summed E-state index contributed by atoms with van der Waals surface area (Å²) >= 11 is 0. The minimum Gasteiger partial charge on any atom is -0.465 e. The number of amides is 2. The number of anilines is 2. The van der Waals surface area contributed by atoms with E-state index in [1.165, 1.54) is 33.9 Å². The Balaban J connectivity index is 3.74. The molecule has 0 saturated carbocycles. The maximum atomic E-state index is 12.3. The molecule has 2 amide bonds. The van der Waals surface area contributed by atoms with Gasteiger partial charge in [-0.05, 0) is 18.9 Å². The fraction of sp³-hybridized carbons (Fsp3) is 0.474. The molecule has 0 aromatic heterocycles. The topological polar surface area (TPSA) is 111 Å². The van der Waals surface area contributed by atoms with E-state index in [0.717, 1.165) is 19.3 Å². The number of unbranched alkanes of at least 4 members (excludes halogenated alkanes) is 2. The first kappa shape index (κ1) is 22.1. The molecule has 0 aliphatic heterocycles. The van der Waals surface area contributed by atoms with Gasteiger partial charge in [0.2, 0.25) is 11.8 Å². The number of hydrogen-bond acceptors (Lipinski definition) is 6. The Morgan fingerprint density at radius 3 is 2.11 bits per heavy atom. The van der Waals surface area contributed by atoms with Crippen LogP contribution in [0.15, 0.2) is 6.07 Å². The van der Waals surface area contributed by atoms with Crippen LogP contribution in [0.5, 0.6) is 5.75 Å². The number of rotatable bonds is 8. The second-order valence-electron chi connectivity index (χ2n) is 6.06. The summed E-state index contributed by atoms with van der Waals surface area (Å²) in [5, 5.41) is 5.14. The number of nitrogens with one attached hydrogen (secondary N) is 2. The smallest absolute Gasteiger partial charge is 0.338 e. The zero-order chi connectivity index (χ0) is 20.6. The standard InChI is InChI=1S/C19H26N2O6/c1-6-7-8-9-14-15(19(25)26-5)10-16(20-11(2)22)17(21-12(3)23)18(14)27-13(4)24/h10H,6-9H2,1-5H3,(H,20,22)(H,21,23). The molecule has 0 atom stereocenters. The molecule has 1 aromatic rings. The van der Waals surface area contributed by atoms with Crippen molar-refractivity contribution in [1.29, 1.82) is 0 Å². The van der Waals surface area contributed by atoms with Crippen molar-refractivity contribution in [3.8, 4) is 5.75 Å². The maximum Gasteiger partial charge on any atom is 0.338 e. The highest BCUT2D eigenvalue weighted by molar-refractivity contribution is 6.04. The van der Waals surface area contributed by atoms with Crippen LogP contribution in [-0.4, -0.2) is 30.9 Å². The molecule has 0 radical (unpaired) electrons. The quantitative estimate of drug-likeness (QED) is 0.409. The fourth-order valence-corrected chi connectivity index (χ4v) is 2.64. The van der Waals surface area contributed by atoms with Gasteiger partial charge in [0.1, 0.15) is 5.69 Å². The van der Waals surface area contributed by atoms with E-state index in [4.69, 9.17) is 9.47 Å². The van der Waals surface area contributed by atoms with Crippen LogP contribution in [0.1, 0.15) is 62.9 Å². The molecule has 27 heavy (non-hydrogen) atoms. The van der Waals surface area contributed by atoms with E-state index in [2.05, 4.69) is 10.6 Å². The largest absolute Gasteiger partial charge is 0.465 e. The molecule has 2 N–H and O–H groups in total. The summed E-state index contributed by atoms with van der Waals surface area (Å²) in [4.78, 5) is 47.3. The zero-order valence-corrected chi connectivity index (χ0v) is 16.4. The summed E-state index contributed by atoms with van der Waals surface area (Å²) in [7, 11) is 1.24. The normalized spacial score (nSPS) is 10.1. The van der Waals surface area contributed by atoms with Crippen molar-refractivity contribution in [3.05, 3.63) is 17.2 Å². The van der Waals surface area contributed by atoms with Gasteiger partial charge in [0.15, 0.2) is 5.75 Å². The SMILES string of the molecule is CCCCCc1c(C(=O)OC)cc(NC(C)=O)c(NC(C)=O)c1OC(C)=O.